The average Bonchev–Trinajstić information content (AvgIpc) is 2.65. The van der Waals surface area contributed by atoms with Crippen molar-refractivity contribution in [2.24, 2.45) is 0 Å². The van der Waals surface area contributed by atoms with Gasteiger partial charge in [-0.1, -0.05) is 26.0 Å². The first-order valence-corrected chi connectivity index (χ1v) is 8.80. The first kappa shape index (κ1) is 20.3. The molecule has 6 heteroatoms. The molecule has 142 valence electrons. The molecular formula is C20H25F3N2O. The summed E-state index contributed by atoms with van der Waals surface area (Å²) in [6.45, 7) is 9.87. The van der Waals surface area contributed by atoms with Crippen LogP contribution in [0.15, 0.2) is 30.3 Å². The molecule has 2 aromatic carbocycles. The Bertz CT molecular complexity index is 733. The van der Waals surface area contributed by atoms with Crippen LogP contribution in [0.3, 0.4) is 0 Å². The van der Waals surface area contributed by atoms with E-state index >= 15 is 0 Å². The number of likely N-dealkylation sites (N-methyl/N-ethyl adjacent to an activating group) is 1. The van der Waals surface area contributed by atoms with Gasteiger partial charge in [-0.05, 0) is 37.7 Å². The molecule has 0 aromatic heterocycles. The molecule has 2 aromatic rings. The number of rotatable bonds is 9. The van der Waals surface area contributed by atoms with Crippen LogP contribution in [0.2, 0.25) is 0 Å². The maximum absolute atomic E-state index is 13.9. The van der Waals surface area contributed by atoms with E-state index in [4.69, 9.17) is 4.74 Å². The van der Waals surface area contributed by atoms with Crippen LogP contribution < -0.4 is 10.1 Å². The molecule has 2 rings (SSSR count). The van der Waals surface area contributed by atoms with Gasteiger partial charge in [0, 0.05) is 31.3 Å². The number of halogens is 3. The SMILES string of the molecule is CCN(CC)CCNCc1cccc(Oc2cc(F)c(C)c(F)c2F)c1. The quantitative estimate of drug-likeness (QED) is 0.517. The Labute approximate surface area is 152 Å². The zero-order chi connectivity index (χ0) is 19.1. The fraction of sp³-hybridized carbons (Fsp3) is 0.400. The second-order valence-electron chi connectivity index (χ2n) is 6.06. The fourth-order valence-corrected chi connectivity index (χ4v) is 2.59. The first-order valence-electron chi connectivity index (χ1n) is 8.80. The maximum atomic E-state index is 13.9. The summed E-state index contributed by atoms with van der Waals surface area (Å²) in [6.07, 6.45) is 0. The predicted molar refractivity (Wildman–Crippen MR) is 97.1 cm³/mol. The van der Waals surface area contributed by atoms with E-state index in [9.17, 15) is 13.2 Å². The highest BCUT2D eigenvalue weighted by atomic mass is 19.2. The number of benzene rings is 2. The Morgan fingerprint density at radius 1 is 1.04 bits per heavy atom. The van der Waals surface area contributed by atoms with E-state index in [1.165, 1.54) is 6.92 Å². The Kier molecular flexibility index (Phi) is 7.48. The minimum Gasteiger partial charge on any atom is -0.454 e. The number of hydrogen-bond donors (Lipinski definition) is 1. The van der Waals surface area contributed by atoms with Crippen molar-refractivity contribution < 1.29 is 17.9 Å². The molecule has 0 heterocycles. The van der Waals surface area contributed by atoms with E-state index in [-0.39, 0.29) is 5.56 Å². The van der Waals surface area contributed by atoms with Crippen molar-refractivity contribution in [2.75, 3.05) is 26.2 Å². The lowest BCUT2D eigenvalue weighted by molar-refractivity contribution is 0.302. The molecule has 0 bridgehead atoms. The summed E-state index contributed by atoms with van der Waals surface area (Å²) in [5.74, 6) is -3.39. The normalized spacial score (nSPS) is 11.2. The lowest BCUT2D eigenvalue weighted by atomic mass is 10.2. The van der Waals surface area contributed by atoms with E-state index in [1.54, 1.807) is 18.2 Å². The number of hydrogen-bond acceptors (Lipinski definition) is 3. The van der Waals surface area contributed by atoms with Crippen molar-refractivity contribution in [2.45, 2.75) is 27.3 Å². The van der Waals surface area contributed by atoms with Gasteiger partial charge in [-0.15, -0.1) is 0 Å². The number of nitrogens with zero attached hydrogens (tertiary/aromatic N) is 1. The summed E-state index contributed by atoms with van der Waals surface area (Å²) in [7, 11) is 0. The summed E-state index contributed by atoms with van der Waals surface area (Å²) in [5, 5.41) is 3.34. The van der Waals surface area contributed by atoms with Crippen molar-refractivity contribution in [3.63, 3.8) is 0 Å². The molecule has 0 saturated heterocycles. The van der Waals surface area contributed by atoms with Gasteiger partial charge in [-0.3, -0.25) is 0 Å². The minimum atomic E-state index is -1.23. The molecule has 0 atom stereocenters. The summed E-state index contributed by atoms with van der Waals surface area (Å²) in [6, 6.07) is 7.87. The van der Waals surface area contributed by atoms with E-state index in [1.807, 2.05) is 6.07 Å². The van der Waals surface area contributed by atoms with Crippen LogP contribution in [0, 0.1) is 24.4 Å². The third-order valence-electron chi connectivity index (χ3n) is 4.31. The highest BCUT2D eigenvalue weighted by Crippen LogP contribution is 2.29. The largest absolute Gasteiger partial charge is 0.454 e. The zero-order valence-electron chi connectivity index (χ0n) is 15.4. The maximum Gasteiger partial charge on any atom is 0.201 e. The van der Waals surface area contributed by atoms with Crippen molar-refractivity contribution in [1.29, 1.82) is 0 Å². The summed E-state index contributed by atoms with van der Waals surface area (Å²) in [5.41, 5.74) is 0.580. The molecule has 0 unspecified atom stereocenters. The lowest BCUT2D eigenvalue weighted by Crippen LogP contribution is -2.31. The summed E-state index contributed by atoms with van der Waals surface area (Å²) in [4.78, 5) is 2.32. The van der Waals surface area contributed by atoms with Gasteiger partial charge in [0.05, 0.1) is 0 Å². The summed E-state index contributed by atoms with van der Waals surface area (Å²) < 4.78 is 46.6. The highest BCUT2D eigenvalue weighted by molar-refractivity contribution is 5.37. The van der Waals surface area contributed by atoms with E-state index in [0.717, 1.165) is 37.8 Å². The van der Waals surface area contributed by atoms with Crippen LogP contribution in [0.4, 0.5) is 13.2 Å². The van der Waals surface area contributed by atoms with Crippen LogP contribution in [0.5, 0.6) is 11.5 Å². The van der Waals surface area contributed by atoms with Gasteiger partial charge in [-0.25, -0.2) is 8.78 Å². The van der Waals surface area contributed by atoms with Gasteiger partial charge in [-0.2, -0.15) is 4.39 Å². The van der Waals surface area contributed by atoms with Crippen LogP contribution in [0.25, 0.3) is 0 Å². The van der Waals surface area contributed by atoms with Gasteiger partial charge in [0.25, 0.3) is 0 Å². The van der Waals surface area contributed by atoms with Crippen LogP contribution in [-0.4, -0.2) is 31.1 Å². The first-order chi connectivity index (χ1) is 12.5. The molecule has 0 aliphatic heterocycles. The number of nitrogens with one attached hydrogen (secondary N) is 1. The third-order valence-corrected chi connectivity index (χ3v) is 4.31. The van der Waals surface area contributed by atoms with E-state index in [2.05, 4.69) is 24.1 Å². The predicted octanol–water partition coefficient (Wildman–Crippen LogP) is 4.64. The van der Waals surface area contributed by atoms with Crippen molar-refractivity contribution in [3.05, 3.63) is 58.9 Å². The Morgan fingerprint density at radius 3 is 2.46 bits per heavy atom. The third kappa shape index (κ3) is 5.22. The second kappa shape index (κ2) is 9.59. The Morgan fingerprint density at radius 2 is 1.77 bits per heavy atom. The van der Waals surface area contributed by atoms with Gasteiger partial charge in [0.2, 0.25) is 5.82 Å². The molecule has 0 aliphatic rings. The molecule has 0 radical (unpaired) electrons. The van der Waals surface area contributed by atoms with E-state index < -0.39 is 23.2 Å². The number of ether oxygens (including phenoxy) is 1. The lowest BCUT2D eigenvalue weighted by Gasteiger charge is -2.18. The van der Waals surface area contributed by atoms with E-state index in [0.29, 0.717) is 12.3 Å². The highest BCUT2D eigenvalue weighted by Gasteiger charge is 2.17. The molecule has 0 aliphatic carbocycles. The van der Waals surface area contributed by atoms with Gasteiger partial charge in [0.1, 0.15) is 11.6 Å². The Balaban J connectivity index is 1.99. The van der Waals surface area contributed by atoms with Crippen LogP contribution >= 0.6 is 0 Å². The molecule has 0 amide bonds. The van der Waals surface area contributed by atoms with Crippen molar-refractivity contribution in [3.8, 4) is 11.5 Å². The molecule has 0 spiro atoms. The van der Waals surface area contributed by atoms with Gasteiger partial charge < -0.3 is 15.0 Å². The smallest absolute Gasteiger partial charge is 0.201 e. The molecule has 26 heavy (non-hydrogen) atoms. The van der Waals surface area contributed by atoms with Crippen LogP contribution in [0.1, 0.15) is 25.0 Å². The molecule has 0 saturated carbocycles. The standard InChI is InChI=1S/C20H25F3N2O/c1-4-25(5-2)10-9-24-13-15-7-6-8-16(11-15)26-18-12-17(21)14(3)19(22)20(18)23/h6-8,11-12,24H,4-5,9-10,13H2,1-3H3. The van der Waals surface area contributed by atoms with Gasteiger partial charge in [0.15, 0.2) is 11.6 Å². The fourth-order valence-electron chi connectivity index (χ4n) is 2.59. The summed E-state index contributed by atoms with van der Waals surface area (Å²) >= 11 is 0. The molecular weight excluding hydrogens is 341 g/mol. The van der Waals surface area contributed by atoms with Crippen molar-refractivity contribution >= 4 is 0 Å². The Hall–Kier alpha value is -2.05. The average molecular weight is 366 g/mol. The molecule has 0 fully saturated rings. The van der Waals surface area contributed by atoms with Crippen molar-refractivity contribution in [1.82, 2.24) is 10.2 Å². The minimum absolute atomic E-state index is 0.328. The zero-order valence-corrected chi connectivity index (χ0v) is 15.4. The topological polar surface area (TPSA) is 24.5 Å². The van der Waals surface area contributed by atoms with Crippen LogP contribution in [-0.2, 0) is 6.54 Å². The monoisotopic (exact) mass is 366 g/mol. The second-order valence-corrected chi connectivity index (χ2v) is 6.06. The molecule has 3 nitrogen and oxygen atoms in total. The van der Waals surface area contributed by atoms with Gasteiger partial charge >= 0.3 is 0 Å². The molecule has 1 N–H and O–H groups in total.